The van der Waals surface area contributed by atoms with Crippen molar-refractivity contribution < 1.29 is 4.79 Å². The smallest absolute Gasteiger partial charge is 0.221 e. The van der Waals surface area contributed by atoms with E-state index in [1.807, 2.05) is 0 Å². The van der Waals surface area contributed by atoms with Crippen LogP contribution < -0.4 is 5.73 Å². The van der Waals surface area contributed by atoms with Crippen LogP contribution in [0, 0.1) is 5.92 Å². The minimum absolute atomic E-state index is 0.0962. The minimum atomic E-state index is -0.119. The molecule has 2 nitrogen and oxygen atoms in total. The number of benzene rings is 1. The monoisotopic (exact) mass is 201 g/mol. The van der Waals surface area contributed by atoms with Crippen molar-refractivity contribution in [2.75, 3.05) is 0 Å². The van der Waals surface area contributed by atoms with Crippen molar-refractivity contribution in [1.29, 1.82) is 0 Å². The van der Waals surface area contributed by atoms with Gasteiger partial charge in [0, 0.05) is 11.3 Å². The standard InChI is InChI=1S/C13H15NO/c14-12(15)11-8-13(11)7-3-5-9-4-1-2-6-10(9)13/h1-2,4,6,11H,3,5,7-8H2,(H2,14,15)/t11-,13-/m0/s1. The Balaban J connectivity index is 2.05. The fourth-order valence-electron chi connectivity index (χ4n) is 3.21. The van der Waals surface area contributed by atoms with Gasteiger partial charge >= 0.3 is 0 Å². The largest absolute Gasteiger partial charge is 0.369 e. The third-order valence-corrected chi connectivity index (χ3v) is 4.04. The van der Waals surface area contributed by atoms with E-state index in [0.29, 0.717) is 0 Å². The molecule has 0 radical (unpaired) electrons. The van der Waals surface area contributed by atoms with E-state index < -0.39 is 0 Å². The lowest BCUT2D eigenvalue weighted by atomic mass is 9.78. The van der Waals surface area contributed by atoms with Crippen molar-refractivity contribution in [3.63, 3.8) is 0 Å². The van der Waals surface area contributed by atoms with Gasteiger partial charge in [-0.2, -0.15) is 0 Å². The van der Waals surface area contributed by atoms with Crippen molar-refractivity contribution in [2.45, 2.75) is 31.1 Å². The van der Waals surface area contributed by atoms with Gasteiger partial charge in [-0.15, -0.1) is 0 Å². The van der Waals surface area contributed by atoms with Crippen LogP contribution in [0.1, 0.15) is 30.4 Å². The van der Waals surface area contributed by atoms with Crippen LogP contribution in [0.4, 0.5) is 0 Å². The average molecular weight is 201 g/mol. The van der Waals surface area contributed by atoms with Crippen molar-refractivity contribution in [3.05, 3.63) is 35.4 Å². The van der Waals surface area contributed by atoms with E-state index in [0.717, 1.165) is 19.3 Å². The van der Waals surface area contributed by atoms with Crippen LogP contribution in [0.2, 0.25) is 0 Å². The van der Waals surface area contributed by atoms with Crippen LogP contribution in [0.15, 0.2) is 24.3 Å². The summed E-state index contributed by atoms with van der Waals surface area (Å²) < 4.78 is 0. The Bertz CT molecular complexity index is 426. The highest BCUT2D eigenvalue weighted by atomic mass is 16.1. The van der Waals surface area contributed by atoms with Gasteiger partial charge in [-0.1, -0.05) is 24.3 Å². The van der Waals surface area contributed by atoms with Gasteiger partial charge < -0.3 is 5.73 Å². The third kappa shape index (κ3) is 1.14. The molecule has 1 amide bonds. The van der Waals surface area contributed by atoms with Crippen molar-refractivity contribution >= 4 is 5.91 Å². The number of amides is 1. The topological polar surface area (TPSA) is 43.1 Å². The average Bonchev–Trinajstić information content (AvgIpc) is 2.95. The molecule has 0 aliphatic heterocycles. The molecule has 2 heteroatoms. The Morgan fingerprint density at radius 1 is 1.40 bits per heavy atom. The Morgan fingerprint density at radius 3 is 2.93 bits per heavy atom. The normalized spacial score (nSPS) is 32.4. The zero-order valence-corrected chi connectivity index (χ0v) is 8.70. The van der Waals surface area contributed by atoms with E-state index in [2.05, 4.69) is 24.3 Å². The molecular formula is C13H15NO. The second kappa shape index (κ2) is 2.84. The van der Waals surface area contributed by atoms with Gasteiger partial charge in [0.1, 0.15) is 0 Å². The van der Waals surface area contributed by atoms with E-state index >= 15 is 0 Å². The fraction of sp³-hybridized carbons (Fsp3) is 0.462. The molecular weight excluding hydrogens is 186 g/mol. The molecule has 15 heavy (non-hydrogen) atoms. The first-order valence-electron chi connectivity index (χ1n) is 5.62. The van der Waals surface area contributed by atoms with Crippen molar-refractivity contribution in [1.82, 2.24) is 0 Å². The summed E-state index contributed by atoms with van der Waals surface area (Å²) in [6.45, 7) is 0. The van der Waals surface area contributed by atoms with E-state index in [9.17, 15) is 4.79 Å². The van der Waals surface area contributed by atoms with Gasteiger partial charge in [0.15, 0.2) is 0 Å². The lowest BCUT2D eigenvalue weighted by Gasteiger charge is -2.26. The summed E-state index contributed by atoms with van der Waals surface area (Å²) in [7, 11) is 0. The maximum absolute atomic E-state index is 11.3. The van der Waals surface area contributed by atoms with Gasteiger partial charge in [0.2, 0.25) is 5.91 Å². The summed E-state index contributed by atoms with van der Waals surface area (Å²) in [5.41, 5.74) is 8.36. The van der Waals surface area contributed by atoms with Crippen molar-refractivity contribution in [3.8, 4) is 0 Å². The highest BCUT2D eigenvalue weighted by molar-refractivity contribution is 5.83. The molecule has 1 spiro atoms. The highest BCUT2D eigenvalue weighted by Gasteiger charge is 2.59. The molecule has 1 aromatic rings. The molecule has 1 saturated carbocycles. The third-order valence-electron chi connectivity index (χ3n) is 4.04. The highest BCUT2D eigenvalue weighted by Crippen LogP contribution is 2.59. The summed E-state index contributed by atoms with van der Waals surface area (Å²) in [6.07, 6.45) is 4.46. The zero-order valence-electron chi connectivity index (χ0n) is 8.70. The number of aryl methyl sites for hydroxylation is 1. The van der Waals surface area contributed by atoms with Crippen LogP contribution in [0.5, 0.6) is 0 Å². The van der Waals surface area contributed by atoms with Gasteiger partial charge in [-0.05, 0) is 36.8 Å². The van der Waals surface area contributed by atoms with Gasteiger partial charge in [0.05, 0.1) is 0 Å². The Morgan fingerprint density at radius 2 is 2.20 bits per heavy atom. The number of rotatable bonds is 1. The van der Waals surface area contributed by atoms with Crippen LogP contribution >= 0.6 is 0 Å². The minimum Gasteiger partial charge on any atom is -0.369 e. The predicted molar refractivity (Wildman–Crippen MR) is 58.4 cm³/mol. The predicted octanol–water partition coefficient (Wildman–Crippen LogP) is 1.77. The van der Waals surface area contributed by atoms with Crippen LogP contribution in [-0.2, 0) is 16.6 Å². The van der Waals surface area contributed by atoms with Gasteiger partial charge in [0.25, 0.3) is 0 Å². The number of hydrogen-bond acceptors (Lipinski definition) is 1. The van der Waals surface area contributed by atoms with E-state index in [-0.39, 0.29) is 17.2 Å². The maximum Gasteiger partial charge on any atom is 0.221 e. The molecule has 1 aromatic carbocycles. The summed E-state index contributed by atoms with van der Waals surface area (Å²) in [4.78, 5) is 11.3. The van der Waals surface area contributed by atoms with E-state index in [4.69, 9.17) is 5.73 Å². The van der Waals surface area contributed by atoms with E-state index in [1.54, 1.807) is 0 Å². The van der Waals surface area contributed by atoms with Crippen LogP contribution in [-0.4, -0.2) is 5.91 Å². The number of nitrogens with two attached hydrogens (primary N) is 1. The van der Waals surface area contributed by atoms with E-state index in [1.165, 1.54) is 17.5 Å². The summed E-state index contributed by atoms with van der Waals surface area (Å²) >= 11 is 0. The van der Waals surface area contributed by atoms with Crippen LogP contribution in [0.3, 0.4) is 0 Å². The molecule has 0 heterocycles. The molecule has 0 unspecified atom stereocenters. The molecule has 2 N–H and O–H groups in total. The number of carbonyl (C=O) groups is 1. The summed E-state index contributed by atoms with van der Waals surface area (Å²) in [5.74, 6) is -0.0225. The molecule has 0 bridgehead atoms. The second-order valence-electron chi connectivity index (χ2n) is 4.83. The first kappa shape index (κ1) is 8.96. The number of fused-ring (bicyclic) bond motifs is 2. The second-order valence-corrected chi connectivity index (χ2v) is 4.83. The van der Waals surface area contributed by atoms with Crippen LogP contribution in [0.25, 0.3) is 0 Å². The molecule has 1 fully saturated rings. The Kier molecular flexibility index (Phi) is 1.70. The molecule has 2 atom stereocenters. The molecule has 2 aliphatic rings. The molecule has 3 rings (SSSR count). The SMILES string of the molecule is NC(=O)[C@@H]1C[C@]12CCCc1ccccc12. The lowest BCUT2D eigenvalue weighted by molar-refractivity contribution is -0.119. The first-order chi connectivity index (χ1) is 7.24. The molecule has 78 valence electrons. The Hall–Kier alpha value is -1.31. The fourth-order valence-corrected chi connectivity index (χ4v) is 3.21. The zero-order chi connectivity index (χ0) is 10.5. The number of primary amides is 1. The maximum atomic E-state index is 11.3. The van der Waals surface area contributed by atoms with Gasteiger partial charge in [-0.25, -0.2) is 0 Å². The van der Waals surface area contributed by atoms with Crippen molar-refractivity contribution in [2.24, 2.45) is 11.7 Å². The quantitative estimate of drug-likeness (QED) is 0.739. The first-order valence-corrected chi connectivity index (χ1v) is 5.62. The Labute approximate surface area is 89.5 Å². The molecule has 0 saturated heterocycles. The number of hydrogen-bond donors (Lipinski definition) is 1. The molecule has 2 aliphatic carbocycles. The number of carbonyl (C=O) groups excluding carboxylic acids is 1. The summed E-state index contributed by atoms with van der Waals surface area (Å²) in [5, 5.41) is 0. The lowest BCUT2D eigenvalue weighted by Crippen LogP contribution is -2.24. The summed E-state index contributed by atoms with van der Waals surface area (Å²) in [6, 6.07) is 8.52. The molecule has 0 aromatic heterocycles. The van der Waals surface area contributed by atoms with Gasteiger partial charge in [-0.3, -0.25) is 4.79 Å².